The molecule has 1 aliphatic rings. The molecule has 2 heteroatoms. The minimum absolute atomic E-state index is 0.495. The lowest BCUT2D eigenvalue weighted by atomic mass is 9.92. The minimum Gasteiger partial charge on any atom is -0.496 e. The van der Waals surface area contributed by atoms with E-state index < -0.39 is 0 Å². The molecule has 1 fully saturated rings. The third-order valence-electron chi connectivity index (χ3n) is 4.05. The van der Waals surface area contributed by atoms with Gasteiger partial charge in [-0.3, -0.25) is 0 Å². The molecule has 1 aromatic carbocycles. The number of benzene rings is 1. The van der Waals surface area contributed by atoms with Gasteiger partial charge in [-0.2, -0.15) is 0 Å². The van der Waals surface area contributed by atoms with Crippen LogP contribution < -0.4 is 9.64 Å². The summed E-state index contributed by atoms with van der Waals surface area (Å²) in [5, 5.41) is 0. The summed E-state index contributed by atoms with van der Waals surface area (Å²) < 4.78 is 5.70. The fourth-order valence-electron chi connectivity index (χ4n) is 2.91. The average Bonchev–Trinajstić information content (AvgIpc) is 2.90. The number of nitrogens with zero attached hydrogens (tertiary/aromatic N) is 1. The maximum absolute atomic E-state index is 5.70. The Morgan fingerprint density at radius 2 is 1.42 bits per heavy atom. The number of anilines is 1. The lowest BCUT2D eigenvalue weighted by molar-refractivity contribution is 0.400. The topological polar surface area (TPSA) is 12.5 Å². The molecule has 0 bridgehead atoms. The van der Waals surface area contributed by atoms with Crippen molar-refractivity contribution in [2.45, 2.75) is 52.4 Å². The van der Waals surface area contributed by atoms with Crippen molar-refractivity contribution in [1.82, 2.24) is 0 Å². The fraction of sp³-hybridized carbons (Fsp3) is 0.647. The van der Waals surface area contributed by atoms with Crippen LogP contribution in [0.15, 0.2) is 12.1 Å². The first-order valence-corrected chi connectivity index (χ1v) is 7.51. The highest BCUT2D eigenvalue weighted by Crippen LogP contribution is 2.38. The highest BCUT2D eigenvalue weighted by atomic mass is 16.5. The van der Waals surface area contributed by atoms with E-state index in [1.165, 1.54) is 42.7 Å². The summed E-state index contributed by atoms with van der Waals surface area (Å²) in [7, 11) is 1.79. The lowest BCUT2D eigenvalue weighted by Crippen LogP contribution is -2.18. The SMILES string of the molecule is COc1c(C(C)C)cc(N2CCCC2)cc1C(C)C. The smallest absolute Gasteiger partial charge is 0.125 e. The van der Waals surface area contributed by atoms with E-state index in [4.69, 9.17) is 4.74 Å². The van der Waals surface area contributed by atoms with Gasteiger partial charge in [-0.15, -0.1) is 0 Å². The van der Waals surface area contributed by atoms with E-state index in [1.807, 2.05) is 0 Å². The van der Waals surface area contributed by atoms with Crippen LogP contribution in [0.2, 0.25) is 0 Å². The maximum Gasteiger partial charge on any atom is 0.125 e. The Hall–Kier alpha value is -1.18. The van der Waals surface area contributed by atoms with Gasteiger partial charge in [-0.1, -0.05) is 27.7 Å². The van der Waals surface area contributed by atoms with Gasteiger partial charge in [0.15, 0.2) is 0 Å². The minimum atomic E-state index is 0.495. The molecule has 0 aromatic heterocycles. The van der Waals surface area contributed by atoms with Crippen molar-refractivity contribution in [3.63, 3.8) is 0 Å². The van der Waals surface area contributed by atoms with E-state index >= 15 is 0 Å². The molecular formula is C17H27NO. The van der Waals surface area contributed by atoms with Crippen LogP contribution in [0.3, 0.4) is 0 Å². The van der Waals surface area contributed by atoms with Gasteiger partial charge >= 0.3 is 0 Å². The highest BCUT2D eigenvalue weighted by molar-refractivity contribution is 5.59. The van der Waals surface area contributed by atoms with Gasteiger partial charge in [-0.05, 0) is 47.9 Å². The van der Waals surface area contributed by atoms with E-state index in [2.05, 4.69) is 44.7 Å². The van der Waals surface area contributed by atoms with Gasteiger partial charge in [0.2, 0.25) is 0 Å². The summed E-state index contributed by atoms with van der Waals surface area (Å²) in [5.41, 5.74) is 4.07. The summed E-state index contributed by atoms with van der Waals surface area (Å²) >= 11 is 0. The standard InChI is InChI=1S/C17H27NO/c1-12(2)15-10-14(18-8-6-7-9-18)11-16(13(3)4)17(15)19-5/h10-13H,6-9H2,1-5H3. The molecule has 1 saturated heterocycles. The molecule has 0 unspecified atom stereocenters. The summed E-state index contributed by atoms with van der Waals surface area (Å²) in [6, 6.07) is 4.67. The van der Waals surface area contributed by atoms with Crippen molar-refractivity contribution >= 4 is 5.69 Å². The van der Waals surface area contributed by atoms with Gasteiger partial charge < -0.3 is 9.64 Å². The van der Waals surface area contributed by atoms with Gasteiger partial charge in [0, 0.05) is 18.8 Å². The molecule has 106 valence electrons. The van der Waals surface area contributed by atoms with Crippen LogP contribution in [-0.2, 0) is 0 Å². The van der Waals surface area contributed by atoms with E-state index in [1.54, 1.807) is 7.11 Å². The summed E-state index contributed by atoms with van der Waals surface area (Å²) in [4.78, 5) is 2.51. The third kappa shape index (κ3) is 2.88. The second kappa shape index (κ2) is 5.85. The predicted octanol–water partition coefficient (Wildman–Crippen LogP) is 4.54. The van der Waals surface area contributed by atoms with Gasteiger partial charge in [0.05, 0.1) is 7.11 Å². The molecule has 1 heterocycles. The van der Waals surface area contributed by atoms with Crippen molar-refractivity contribution in [3.05, 3.63) is 23.3 Å². The maximum atomic E-state index is 5.70. The fourth-order valence-corrected chi connectivity index (χ4v) is 2.91. The van der Waals surface area contributed by atoms with Crippen molar-refractivity contribution < 1.29 is 4.74 Å². The van der Waals surface area contributed by atoms with Gasteiger partial charge in [0.1, 0.15) is 5.75 Å². The zero-order valence-corrected chi connectivity index (χ0v) is 13.0. The van der Waals surface area contributed by atoms with Gasteiger partial charge in [0.25, 0.3) is 0 Å². The Kier molecular flexibility index (Phi) is 4.38. The van der Waals surface area contributed by atoms with Gasteiger partial charge in [-0.25, -0.2) is 0 Å². The zero-order valence-electron chi connectivity index (χ0n) is 13.0. The van der Waals surface area contributed by atoms with Crippen LogP contribution in [0, 0.1) is 0 Å². The number of rotatable bonds is 4. The van der Waals surface area contributed by atoms with E-state index in [-0.39, 0.29) is 0 Å². The second-order valence-electron chi connectivity index (χ2n) is 6.16. The molecule has 1 aromatic rings. The molecule has 0 saturated carbocycles. The van der Waals surface area contributed by atoms with Crippen LogP contribution in [0.5, 0.6) is 5.75 Å². The Labute approximate surface area is 117 Å². The molecule has 2 nitrogen and oxygen atoms in total. The Balaban J connectivity index is 2.51. The Morgan fingerprint density at radius 1 is 0.947 bits per heavy atom. The summed E-state index contributed by atoms with van der Waals surface area (Å²) in [5.74, 6) is 2.08. The number of ether oxygens (including phenoxy) is 1. The van der Waals surface area contributed by atoms with E-state index in [0.717, 1.165) is 5.75 Å². The third-order valence-corrected chi connectivity index (χ3v) is 4.05. The quantitative estimate of drug-likeness (QED) is 0.789. The monoisotopic (exact) mass is 261 g/mol. The molecule has 0 spiro atoms. The molecule has 0 radical (unpaired) electrons. The first-order valence-electron chi connectivity index (χ1n) is 7.51. The van der Waals surface area contributed by atoms with Crippen LogP contribution in [0.25, 0.3) is 0 Å². The van der Waals surface area contributed by atoms with Crippen molar-refractivity contribution in [2.24, 2.45) is 0 Å². The highest BCUT2D eigenvalue weighted by Gasteiger charge is 2.20. The summed E-state index contributed by atoms with van der Waals surface area (Å²) in [6.07, 6.45) is 2.64. The molecule has 0 N–H and O–H groups in total. The van der Waals surface area contributed by atoms with E-state index in [0.29, 0.717) is 11.8 Å². The predicted molar refractivity (Wildman–Crippen MR) is 82.6 cm³/mol. The number of hydrogen-bond donors (Lipinski definition) is 0. The van der Waals surface area contributed by atoms with E-state index in [9.17, 15) is 0 Å². The van der Waals surface area contributed by atoms with Crippen molar-refractivity contribution in [3.8, 4) is 5.75 Å². The van der Waals surface area contributed by atoms with Crippen LogP contribution >= 0.6 is 0 Å². The first-order chi connectivity index (χ1) is 9.04. The molecular weight excluding hydrogens is 234 g/mol. The Bertz CT molecular complexity index is 402. The largest absolute Gasteiger partial charge is 0.496 e. The van der Waals surface area contributed by atoms with Crippen molar-refractivity contribution in [1.29, 1.82) is 0 Å². The van der Waals surface area contributed by atoms with Crippen LogP contribution in [-0.4, -0.2) is 20.2 Å². The van der Waals surface area contributed by atoms with Crippen LogP contribution in [0.4, 0.5) is 5.69 Å². The molecule has 0 aliphatic carbocycles. The molecule has 1 aliphatic heterocycles. The molecule has 0 amide bonds. The number of hydrogen-bond acceptors (Lipinski definition) is 2. The Morgan fingerprint density at radius 3 is 1.79 bits per heavy atom. The zero-order chi connectivity index (χ0) is 14.0. The number of methoxy groups -OCH3 is 1. The summed E-state index contributed by atoms with van der Waals surface area (Å²) in [6.45, 7) is 11.4. The first kappa shape index (κ1) is 14.2. The molecule has 0 atom stereocenters. The second-order valence-corrected chi connectivity index (χ2v) is 6.16. The average molecular weight is 261 g/mol. The molecule has 19 heavy (non-hydrogen) atoms. The lowest BCUT2D eigenvalue weighted by Gasteiger charge is -2.25. The van der Waals surface area contributed by atoms with Crippen LogP contribution in [0.1, 0.15) is 63.5 Å². The van der Waals surface area contributed by atoms with Crippen molar-refractivity contribution in [2.75, 3.05) is 25.1 Å². The normalized spacial score (nSPS) is 15.6. The molecule has 2 rings (SSSR count).